The molecule has 0 atom stereocenters. The Labute approximate surface area is 151 Å². The van der Waals surface area contributed by atoms with Crippen molar-refractivity contribution in [3.05, 3.63) is 65.4 Å². The summed E-state index contributed by atoms with van der Waals surface area (Å²) in [5.74, 6) is 1.16. The quantitative estimate of drug-likeness (QED) is 0.659. The maximum absolute atomic E-state index is 12.2. The fourth-order valence-electron chi connectivity index (χ4n) is 2.58. The van der Waals surface area contributed by atoms with Gasteiger partial charge in [-0.25, -0.2) is 4.98 Å². The monoisotopic (exact) mass is 352 g/mol. The van der Waals surface area contributed by atoms with Gasteiger partial charge < -0.3 is 14.2 Å². The maximum Gasteiger partial charge on any atom is 0.227 e. The molecule has 0 radical (unpaired) electrons. The van der Waals surface area contributed by atoms with Crippen LogP contribution in [0.2, 0.25) is 0 Å². The smallest absolute Gasteiger partial charge is 0.227 e. The number of nitrogens with zero attached hydrogens (tertiary/aromatic N) is 1. The van der Waals surface area contributed by atoms with Crippen LogP contribution in [0.15, 0.2) is 51.5 Å². The van der Waals surface area contributed by atoms with Crippen LogP contribution in [0.25, 0.3) is 11.5 Å². The molecule has 1 amide bonds. The molecule has 134 valence electrons. The summed E-state index contributed by atoms with van der Waals surface area (Å²) < 4.78 is 10.8. The highest BCUT2D eigenvalue weighted by Gasteiger charge is 2.17. The molecule has 0 aliphatic carbocycles. The molecular formula is C20H20N2O4. The first-order chi connectivity index (χ1) is 12.5. The number of oxazole rings is 1. The Morgan fingerprint density at radius 3 is 2.73 bits per heavy atom. The van der Waals surface area contributed by atoms with E-state index in [4.69, 9.17) is 8.83 Å². The van der Waals surface area contributed by atoms with E-state index in [-0.39, 0.29) is 31.1 Å². The molecule has 3 aromatic rings. The molecule has 2 heterocycles. The molecule has 1 aromatic carbocycles. The van der Waals surface area contributed by atoms with Gasteiger partial charge in [-0.15, -0.1) is 0 Å². The molecule has 0 saturated carbocycles. The Morgan fingerprint density at radius 1 is 1.15 bits per heavy atom. The fourth-order valence-corrected chi connectivity index (χ4v) is 2.58. The van der Waals surface area contributed by atoms with Crippen LogP contribution < -0.4 is 5.32 Å². The number of aryl methyl sites for hydroxylation is 2. The van der Waals surface area contributed by atoms with Gasteiger partial charge in [0.2, 0.25) is 11.8 Å². The summed E-state index contributed by atoms with van der Waals surface area (Å²) in [5, 5.41) is 2.66. The van der Waals surface area contributed by atoms with E-state index >= 15 is 0 Å². The van der Waals surface area contributed by atoms with Crippen LogP contribution in [-0.2, 0) is 22.6 Å². The van der Waals surface area contributed by atoms with Crippen molar-refractivity contribution in [2.24, 2.45) is 0 Å². The fraction of sp³-hybridized carbons (Fsp3) is 0.250. The minimum Gasteiger partial charge on any atom is -0.467 e. The van der Waals surface area contributed by atoms with E-state index in [9.17, 15) is 9.59 Å². The van der Waals surface area contributed by atoms with Gasteiger partial charge >= 0.3 is 0 Å². The molecular weight excluding hydrogens is 332 g/mol. The Kier molecular flexibility index (Phi) is 5.31. The van der Waals surface area contributed by atoms with Crippen molar-refractivity contribution in [1.82, 2.24) is 10.3 Å². The van der Waals surface area contributed by atoms with Gasteiger partial charge in [-0.2, -0.15) is 0 Å². The predicted molar refractivity (Wildman–Crippen MR) is 95.3 cm³/mol. The average molecular weight is 352 g/mol. The van der Waals surface area contributed by atoms with Crippen molar-refractivity contribution in [3.8, 4) is 11.5 Å². The Balaban J connectivity index is 1.58. The third kappa shape index (κ3) is 4.47. The molecule has 0 spiro atoms. The number of benzene rings is 1. The summed E-state index contributed by atoms with van der Waals surface area (Å²) in [6, 6.07) is 11.3. The molecule has 2 aromatic heterocycles. The number of nitrogens with one attached hydrogen (secondary N) is 1. The molecule has 0 fully saturated rings. The highest BCUT2D eigenvalue weighted by Crippen LogP contribution is 2.23. The maximum atomic E-state index is 12.2. The van der Waals surface area contributed by atoms with Crippen LogP contribution in [0.3, 0.4) is 0 Å². The van der Waals surface area contributed by atoms with Gasteiger partial charge in [-0.3, -0.25) is 9.59 Å². The van der Waals surface area contributed by atoms with Crippen LogP contribution in [0, 0.1) is 13.8 Å². The van der Waals surface area contributed by atoms with Crippen LogP contribution in [0.5, 0.6) is 0 Å². The Morgan fingerprint density at radius 2 is 2.00 bits per heavy atom. The highest BCUT2D eigenvalue weighted by atomic mass is 16.4. The third-order valence-electron chi connectivity index (χ3n) is 3.92. The van der Waals surface area contributed by atoms with Gasteiger partial charge in [0, 0.05) is 5.56 Å². The molecule has 6 heteroatoms. The van der Waals surface area contributed by atoms with Crippen LogP contribution >= 0.6 is 0 Å². The van der Waals surface area contributed by atoms with E-state index in [0.29, 0.717) is 23.1 Å². The summed E-state index contributed by atoms with van der Waals surface area (Å²) in [5.41, 5.74) is 2.53. The van der Waals surface area contributed by atoms with E-state index < -0.39 is 0 Å². The van der Waals surface area contributed by atoms with E-state index in [1.807, 2.05) is 31.2 Å². The van der Waals surface area contributed by atoms with Crippen LogP contribution in [0.4, 0.5) is 0 Å². The van der Waals surface area contributed by atoms with E-state index in [2.05, 4.69) is 10.3 Å². The second-order valence-electron chi connectivity index (χ2n) is 6.14. The van der Waals surface area contributed by atoms with Gasteiger partial charge in [0.25, 0.3) is 0 Å². The lowest BCUT2D eigenvalue weighted by Crippen LogP contribution is -2.25. The van der Waals surface area contributed by atoms with Crippen LogP contribution in [-0.4, -0.2) is 16.7 Å². The van der Waals surface area contributed by atoms with Crippen molar-refractivity contribution >= 4 is 11.7 Å². The molecule has 6 nitrogen and oxygen atoms in total. The van der Waals surface area contributed by atoms with E-state index in [0.717, 1.165) is 11.1 Å². The van der Waals surface area contributed by atoms with Crippen molar-refractivity contribution in [2.45, 2.75) is 33.2 Å². The standard InChI is InChI=1S/C20H20N2O4/c1-13-5-3-6-15(9-13)20-22-18(14(2)26-20)10-16(23)11-19(24)21-12-17-7-4-8-25-17/h3-9H,10-12H2,1-2H3,(H,21,24). The molecule has 1 N–H and O–H groups in total. The topological polar surface area (TPSA) is 85.3 Å². The number of aromatic nitrogens is 1. The van der Waals surface area contributed by atoms with Gasteiger partial charge in [-0.05, 0) is 38.1 Å². The first-order valence-corrected chi connectivity index (χ1v) is 8.35. The molecule has 0 aliphatic rings. The number of ketones is 1. The zero-order chi connectivity index (χ0) is 18.5. The second-order valence-corrected chi connectivity index (χ2v) is 6.14. The SMILES string of the molecule is Cc1cccc(-c2nc(CC(=O)CC(=O)NCc3ccco3)c(C)o2)c1. The summed E-state index contributed by atoms with van der Waals surface area (Å²) in [4.78, 5) is 28.5. The van der Waals surface area contributed by atoms with Gasteiger partial charge in [0.1, 0.15) is 17.3 Å². The lowest BCUT2D eigenvalue weighted by Gasteiger charge is -2.02. The third-order valence-corrected chi connectivity index (χ3v) is 3.92. The lowest BCUT2D eigenvalue weighted by atomic mass is 10.1. The largest absolute Gasteiger partial charge is 0.467 e. The van der Waals surface area contributed by atoms with Gasteiger partial charge in [0.05, 0.1) is 31.3 Å². The second kappa shape index (κ2) is 7.82. The first kappa shape index (κ1) is 17.7. The zero-order valence-electron chi connectivity index (χ0n) is 14.7. The van der Waals surface area contributed by atoms with Gasteiger partial charge in [0.15, 0.2) is 0 Å². The molecule has 0 bridgehead atoms. The number of carbonyl (C=O) groups excluding carboxylic acids is 2. The number of amides is 1. The van der Waals surface area contributed by atoms with Crippen LogP contribution in [0.1, 0.15) is 29.2 Å². The number of furan rings is 1. The Bertz CT molecular complexity index is 910. The number of hydrogen-bond acceptors (Lipinski definition) is 5. The summed E-state index contributed by atoms with van der Waals surface area (Å²) in [6.45, 7) is 4.02. The van der Waals surface area contributed by atoms with Crippen molar-refractivity contribution in [3.63, 3.8) is 0 Å². The van der Waals surface area contributed by atoms with Crippen molar-refractivity contribution in [1.29, 1.82) is 0 Å². The lowest BCUT2D eigenvalue weighted by molar-refractivity contribution is -0.128. The summed E-state index contributed by atoms with van der Waals surface area (Å²) in [6.07, 6.45) is 1.40. The van der Waals surface area contributed by atoms with E-state index in [1.54, 1.807) is 19.1 Å². The molecule has 0 aliphatic heterocycles. The highest BCUT2D eigenvalue weighted by molar-refractivity contribution is 5.98. The Hall–Kier alpha value is -3.15. The van der Waals surface area contributed by atoms with E-state index in [1.165, 1.54) is 6.26 Å². The number of rotatable bonds is 7. The number of Topliss-reactive ketones (excluding diaryl/α,β-unsaturated/α-hetero) is 1. The summed E-state index contributed by atoms with van der Waals surface area (Å²) >= 11 is 0. The average Bonchev–Trinajstić information content (AvgIpc) is 3.23. The number of carbonyl (C=O) groups is 2. The van der Waals surface area contributed by atoms with Crippen molar-refractivity contribution < 1.29 is 18.4 Å². The minimum atomic E-state index is -0.341. The zero-order valence-corrected chi connectivity index (χ0v) is 14.7. The minimum absolute atomic E-state index is 0.0648. The number of hydrogen-bond donors (Lipinski definition) is 1. The molecule has 0 unspecified atom stereocenters. The molecule has 3 rings (SSSR count). The summed E-state index contributed by atoms with van der Waals surface area (Å²) in [7, 11) is 0. The molecule has 0 saturated heterocycles. The first-order valence-electron chi connectivity index (χ1n) is 8.35. The predicted octanol–water partition coefficient (Wildman–Crippen LogP) is 3.37. The van der Waals surface area contributed by atoms with Gasteiger partial charge in [-0.1, -0.05) is 17.7 Å². The van der Waals surface area contributed by atoms with Crippen molar-refractivity contribution in [2.75, 3.05) is 0 Å². The molecule has 26 heavy (non-hydrogen) atoms. The normalized spacial score (nSPS) is 10.7.